The molecule has 33 heavy (non-hydrogen) atoms. The van der Waals surface area contributed by atoms with Crippen molar-refractivity contribution >= 4 is 17.5 Å². The van der Waals surface area contributed by atoms with E-state index in [0.717, 1.165) is 39.3 Å². The highest BCUT2D eigenvalue weighted by Gasteiger charge is 2.19. The van der Waals surface area contributed by atoms with Gasteiger partial charge in [-0.2, -0.15) is 0 Å². The number of hydrogen-bond donors (Lipinski definition) is 2. The lowest BCUT2D eigenvalue weighted by molar-refractivity contribution is 0.0374. The van der Waals surface area contributed by atoms with E-state index in [1.54, 1.807) is 43.5 Å². The Labute approximate surface area is 193 Å². The fourth-order valence-electron chi connectivity index (χ4n) is 3.53. The maximum Gasteiger partial charge on any atom is 0.255 e. The van der Waals surface area contributed by atoms with Crippen LogP contribution in [0.25, 0.3) is 0 Å². The molecule has 3 rings (SSSR count). The number of rotatable bonds is 10. The second-order valence-electron chi connectivity index (χ2n) is 7.50. The Hall–Kier alpha value is -3.30. The monoisotopic (exact) mass is 457 g/mol. The molecule has 0 spiro atoms. The molecule has 1 saturated heterocycles. The van der Waals surface area contributed by atoms with Gasteiger partial charge in [-0.15, -0.1) is 0 Å². The normalized spacial score (nSPS) is 13.8. The molecule has 1 fully saturated rings. The van der Waals surface area contributed by atoms with Crippen LogP contribution in [0.15, 0.2) is 36.4 Å². The third-order valence-corrected chi connectivity index (χ3v) is 5.41. The molecule has 0 radical (unpaired) electrons. The van der Waals surface area contributed by atoms with E-state index in [1.807, 2.05) is 0 Å². The first-order chi connectivity index (χ1) is 16.0. The van der Waals surface area contributed by atoms with E-state index in [-0.39, 0.29) is 11.8 Å². The average Bonchev–Trinajstić information content (AvgIpc) is 2.86. The van der Waals surface area contributed by atoms with Gasteiger partial charge in [-0.05, 0) is 43.3 Å². The zero-order valence-electron chi connectivity index (χ0n) is 19.3. The minimum atomic E-state index is -0.355. The standard InChI is InChI=1S/C24H31N3O6/c1-30-18-7-5-17(6-8-18)23(28)26-20-16-22(32-3)21(31-2)15-19(20)24(29)25-9-4-10-27-11-13-33-14-12-27/h5-8,15-16H,4,9-14H2,1-3H3,(H,25,29)(H,26,28). The van der Waals surface area contributed by atoms with Crippen LogP contribution in [-0.4, -0.2) is 77.4 Å². The summed E-state index contributed by atoms with van der Waals surface area (Å²) in [5.74, 6) is 0.800. The molecular formula is C24H31N3O6. The molecular weight excluding hydrogens is 426 g/mol. The summed E-state index contributed by atoms with van der Waals surface area (Å²) in [6.07, 6.45) is 0.812. The Morgan fingerprint density at radius 2 is 1.61 bits per heavy atom. The molecule has 0 unspecified atom stereocenters. The number of carbonyl (C=O) groups excluding carboxylic acids is 2. The van der Waals surface area contributed by atoms with Crippen LogP contribution in [0, 0.1) is 0 Å². The topological polar surface area (TPSA) is 98.4 Å². The molecule has 0 bridgehead atoms. The third-order valence-electron chi connectivity index (χ3n) is 5.41. The van der Waals surface area contributed by atoms with Crippen molar-refractivity contribution in [1.82, 2.24) is 10.2 Å². The van der Waals surface area contributed by atoms with Crippen molar-refractivity contribution in [2.75, 3.05) is 66.0 Å². The van der Waals surface area contributed by atoms with Gasteiger partial charge in [0.15, 0.2) is 11.5 Å². The Balaban J connectivity index is 1.71. The van der Waals surface area contributed by atoms with E-state index in [0.29, 0.717) is 40.6 Å². The Morgan fingerprint density at radius 3 is 2.24 bits per heavy atom. The lowest BCUT2D eigenvalue weighted by atomic mass is 10.1. The number of morpholine rings is 1. The van der Waals surface area contributed by atoms with E-state index in [9.17, 15) is 9.59 Å². The van der Waals surface area contributed by atoms with E-state index in [2.05, 4.69) is 15.5 Å². The van der Waals surface area contributed by atoms with Crippen molar-refractivity contribution in [2.45, 2.75) is 6.42 Å². The summed E-state index contributed by atoms with van der Waals surface area (Å²) >= 11 is 0. The van der Waals surface area contributed by atoms with Crippen LogP contribution in [0.2, 0.25) is 0 Å². The van der Waals surface area contributed by atoms with Gasteiger partial charge in [-0.25, -0.2) is 0 Å². The summed E-state index contributed by atoms with van der Waals surface area (Å²) < 4.78 is 21.2. The van der Waals surface area contributed by atoms with Crippen molar-refractivity contribution in [3.8, 4) is 17.2 Å². The van der Waals surface area contributed by atoms with E-state index in [4.69, 9.17) is 18.9 Å². The minimum absolute atomic E-state index is 0.292. The number of nitrogens with zero attached hydrogens (tertiary/aromatic N) is 1. The van der Waals surface area contributed by atoms with Crippen molar-refractivity contribution < 1.29 is 28.5 Å². The number of benzene rings is 2. The van der Waals surface area contributed by atoms with Gasteiger partial charge < -0.3 is 29.6 Å². The zero-order chi connectivity index (χ0) is 23.6. The highest BCUT2D eigenvalue weighted by atomic mass is 16.5. The predicted molar refractivity (Wildman–Crippen MR) is 125 cm³/mol. The van der Waals surface area contributed by atoms with Crippen LogP contribution < -0.4 is 24.8 Å². The number of anilines is 1. The van der Waals surface area contributed by atoms with E-state index >= 15 is 0 Å². The van der Waals surface area contributed by atoms with Crippen molar-refractivity contribution in [3.05, 3.63) is 47.5 Å². The largest absolute Gasteiger partial charge is 0.497 e. The number of nitrogens with one attached hydrogen (secondary N) is 2. The molecule has 2 amide bonds. The van der Waals surface area contributed by atoms with Gasteiger partial charge in [-0.1, -0.05) is 0 Å². The lowest BCUT2D eigenvalue weighted by Gasteiger charge is -2.26. The zero-order valence-corrected chi connectivity index (χ0v) is 19.3. The average molecular weight is 458 g/mol. The predicted octanol–water partition coefficient (Wildman–Crippen LogP) is 2.42. The summed E-state index contributed by atoms with van der Waals surface area (Å²) in [6.45, 7) is 4.70. The van der Waals surface area contributed by atoms with Crippen LogP contribution in [0.1, 0.15) is 27.1 Å². The molecule has 178 valence electrons. The summed E-state index contributed by atoms with van der Waals surface area (Å²) in [7, 11) is 4.56. The molecule has 0 saturated carbocycles. The molecule has 9 nitrogen and oxygen atoms in total. The van der Waals surface area contributed by atoms with Crippen LogP contribution in [0.3, 0.4) is 0 Å². The summed E-state index contributed by atoms with van der Waals surface area (Å²) in [5.41, 5.74) is 1.06. The number of carbonyl (C=O) groups is 2. The Bertz CT molecular complexity index is 942. The van der Waals surface area contributed by atoms with E-state index < -0.39 is 0 Å². The summed E-state index contributed by atoms with van der Waals surface area (Å²) in [6, 6.07) is 9.86. The quantitative estimate of drug-likeness (QED) is 0.529. The summed E-state index contributed by atoms with van der Waals surface area (Å²) in [4.78, 5) is 28.1. The van der Waals surface area contributed by atoms with Gasteiger partial charge in [0.25, 0.3) is 11.8 Å². The first-order valence-corrected chi connectivity index (χ1v) is 10.9. The molecule has 0 aliphatic carbocycles. The second kappa shape index (κ2) is 12.1. The van der Waals surface area contributed by atoms with Crippen LogP contribution in [-0.2, 0) is 4.74 Å². The third kappa shape index (κ3) is 6.59. The Kier molecular flexibility index (Phi) is 8.91. The molecule has 0 atom stereocenters. The Morgan fingerprint density at radius 1 is 0.939 bits per heavy atom. The van der Waals surface area contributed by atoms with Gasteiger partial charge in [0, 0.05) is 31.3 Å². The minimum Gasteiger partial charge on any atom is -0.497 e. The molecule has 1 heterocycles. The maximum atomic E-state index is 13.0. The molecule has 2 N–H and O–H groups in total. The molecule has 9 heteroatoms. The highest BCUT2D eigenvalue weighted by molar-refractivity contribution is 6.09. The molecule has 2 aromatic rings. The number of amides is 2. The van der Waals surface area contributed by atoms with Crippen molar-refractivity contribution in [1.29, 1.82) is 0 Å². The number of methoxy groups -OCH3 is 3. The number of ether oxygens (including phenoxy) is 4. The first-order valence-electron chi connectivity index (χ1n) is 10.9. The van der Waals surface area contributed by atoms with Gasteiger partial charge in [-0.3, -0.25) is 14.5 Å². The van der Waals surface area contributed by atoms with E-state index in [1.165, 1.54) is 14.2 Å². The number of hydrogen-bond acceptors (Lipinski definition) is 7. The summed E-state index contributed by atoms with van der Waals surface area (Å²) in [5, 5.41) is 5.75. The van der Waals surface area contributed by atoms with Crippen LogP contribution in [0.5, 0.6) is 17.2 Å². The maximum absolute atomic E-state index is 13.0. The molecule has 2 aromatic carbocycles. The second-order valence-corrected chi connectivity index (χ2v) is 7.50. The van der Waals surface area contributed by atoms with Crippen LogP contribution >= 0.6 is 0 Å². The van der Waals surface area contributed by atoms with Crippen LogP contribution in [0.4, 0.5) is 5.69 Å². The fourth-order valence-corrected chi connectivity index (χ4v) is 3.53. The van der Waals surface area contributed by atoms with Crippen molar-refractivity contribution in [3.63, 3.8) is 0 Å². The molecule has 1 aliphatic heterocycles. The van der Waals surface area contributed by atoms with Gasteiger partial charge in [0.05, 0.1) is 45.8 Å². The van der Waals surface area contributed by atoms with Gasteiger partial charge >= 0.3 is 0 Å². The van der Waals surface area contributed by atoms with Gasteiger partial charge in [0.1, 0.15) is 5.75 Å². The SMILES string of the molecule is COc1ccc(C(=O)Nc2cc(OC)c(OC)cc2C(=O)NCCCN2CCOCC2)cc1. The lowest BCUT2D eigenvalue weighted by Crippen LogP contribution is -2.38. The molecule has 0 aromatic heterocycles. The molecule has 1 aliphatic rings. The van der Waals surface area contributed by atoms with Crippen molar-refractivity contribution in [2.24, 2.45) is 0 Å². The smallest absolute Gasteiger partial charge is 0.255 e. The fraction of sp³-hybridized carbons (Fsp3) is 0.417. The van der Waals surface area contributed by atoms with Gasteiger partial charge in [0.2, 0.25) is 0 Å². The highest BCUT2D eigenvalue weighted by Crippen LogP contribution is 2.33. The first kappa shape index (κ1) is 24.3.